The summed E-state index contributed by atoms with van der Waals surface area (Å²) in [5.41, 5.74) is 3.03. The number of carbonyl (C=O) groups excluding carboxylic acids is 1. The molecule has 6 nitrogen and oxygen atoms in total. The van der Waals surface area contributed by atoms with Crippen LogP contribution in [0.3, 0.4) is 0 Å². The highest BCUT2D eigenvalue weighted by Crippen LogP contribution is 2.36. The molecule has 138 valence electrons. The molecule has 0 radical (unpaired) electrons. The van der Waals surface area contributed by atoms with E-state index < -0.39 is 0 Å². The van der Waals surface area contributed by atoms with Gasteiger partial charge in [0.1, 0.15) is 6.61 Å². The molecule has 2 heterocycles. The molecular weight excluding hydrogens is 342 g/mol. The van der Waals surface area contributed by atoms with Gasteiger partial charge in [-0.05, 0) is 41.8 Å². The summed E-state index contributed by atoms with van der Waals surface area (Å²) < 4.78 is 12.9. The Morgan fingerprint density at radius 2 is 2.11 bits per heavy atom. The Balaban J connectivity index is 1.36. The summed E-state index contributed by atoms with van der Waals surface area (Å²) in [7, 11) is 1.62. The highest BCUT2D eigenvalue weighted by molar-refractivity contribution is 5.79. The molecule has 1 aliphatic rings. The number of rotatable bonds is 5. The fraction of sp³-hybridized carbons (Fsp3) is 0.238. The van der Waals surface area contributed by atoms with Crippen LogP contribution in [0.2, 0.25) is 0 Å². The van der Waals surface area contributed by atoms with E-state index in [0.717, 1.165) is 22.6 Å². The lowest BCUT2D eigenvalue weighted by Crippen LogP contribution is -2.37. The van der Waals surface area contributed by atoms with Crippen molar-refractivity contribution in [3.63, 3.8) is 0 Å². The zero-order chi connectivity index (χ0) is 18.6. The minimum Gasteiger partial charge on any atom is -0.493 e. The predicted octanol–water partition coefficient (Wildman–Crippen LogP) is 2.75. The number of aromatic nitrogens is 2. The number of nitrogens with one attached hydrogen (secondary N) is 1. The quantitative estimate of drug-likeness (QED) is 0.757. The summed E-state index contributed by atoms with van der Waals surface area (Å²) >= 11 is 0. The lowest BCUT2D eigenvalue weighted by Gasteiger charge is -2.25. The van der Waals surface area contributed by atoms with Gasteiger partial charge in [0, 0.05) is 18.9 Å². The van der Waals surface area contributed by atoms with Gasteiger partial charge in [-0.3, -0.25) is 4.79 Å². The summed E-state index contributed by atoms with van der Waals surface area (Å²) in [6.45, 7) is 0.844. The lowest BCUT2D eigenvalue weighted by atomic mass is 9.95. The van der Waals surface area contributed by atoms with Crippen LogP contribution >= 0.6 is 0 Å². The van der Waals surface area contributed by atoms with Gasteiger partial charge in [-0.1, -0.05) is 24.3 Å². The van der Waals surface area contributed by atoms with Gasteiger partial charge in [0.15, 0.2) is 11.5 Å². The first-order valence-corrected chi connectivity index (χ1v) is 8.90. The fourth-order valence-corrected chi connectivity index (χ4v) is 3.24. The fourth-order valence-electron chi connectivity index (χ4n) is 3.24. The number of methoxy groups -OCH3 is 1. The number of fused-ring (bicyclic) bond motifs is 1. The minimum absolute atomic E-state index is 0.000349. The molecule has 0 fully saturated rings. The van der Waals surface area contributed by atoms with E-state index in [1.54, 1.807) is 18.0 Å². The van der Waals surface area contributed by atoms with Gasteiger partial charge in [-0.15, -0.1) is 0 Å². The number of ether oxygens (including phenoxy) is 2. The van der Waals surface area contributed by atoms with E-state index in [9.17, 15) is 4.79 Å². The first kappa shape index (κ1) is 17.1. The van der Waals surface area contributed by atoms with Crippen molar-refractivity contribution in [2.24, 2.45) is 5.92 Å². The van der Waals surface area contributed by atoms with E-state index in [0.29, 0.717) is 25.3 Å². The Kier molecular flexibility index (Phi) is 4.78. The van der Waals surface area contributed by atoms with Crippen LogP contribution in [0.4, 0.5) is 0 Å². The molecule has 27 heavy (non-hydrogen) atoms. The number of nitrogens with zero attached hydrogens (tertiary/aromatic N) is 2. The monoisotopic (exact) mass is 363 g/mol. The number of hydrogen-bond acceptors (Lipinski definition) is 4. The Morgan fingerprint density at radius 3 is 2.85 bits per heavy atom. The zero-order valence-electron chi connectivity index (χ0n) is 15.1. The van der Waals surface area contributed by atoms with Crippen LogP contribution in [0.1, 0.15) is 11.1 Å². The van der Waals surface area contributed by atoms with Crippen molar-refractivity contribution in [3.05, 3.63) is 72.1 Å². The van der Waals surface area contributed by atoms with E-state index in [-0.39, 0.29) is 11.8 Å². The van der Waals surface area contributed by atoms with Crippen molar-refractivity contribution >= 4 is 5.91 Å². The SMILES string of the molecule is COc1cccc2c1OC[C@H](C(=O)NCc1ccc(-n3cccn3)cc1)C2. The maximum Gasteiger partial charge on any atom is 0.227 e. The minimum atomic E-state index is -0.201. The van der Waals surface area contributed by atoms with Crippen LogP contribution in [-0.4, -0.2) is 29.4 Å². The van der Waals surface area contributed by atoms with Crippen molar-refractivity contribution < 1.29 is 14.3 Å². The Labute approximate surface area is 157 Å². The summed E-state index contributed by atoms with van der Waals surface area (Å²) in [4.78, 5) is 12.6. The van der Waals surface area contributed by atoms with E-state index in [1.807, 2.05) is 54.7 Å². The molecule has 1 aromatic heterocycles. The van der Waals surface area contributed by atoms with Crippen molar-refractivity contribution in [2.45, 2.75) is 13.0 Å². The highest BCUT2D eigenvalue weighted by Gasteiger charge is 2.27. The maximum atomic E-state index is 12.6. The second-order valence-electron chi connectivity index (χ2n) is 6.50. The first-order valence-electron chi connectivity index (χ1n) is 8.90. The third-order valence-electron chi connectivity index (χ3n) is 4.72. The molecular formula is C21H21N3O3. The molecule has 2 aromatic carbocycles. The molecule has 1 amide bonds. The van der Waals surface area contributed by atoms with Gasteiger partial charge < -0.3 is 14.8 Å². The van der Waals surface area contributed by atoms with Crippen molar-refractivity contribution in [3.8, 4) is 17.2 Å². The normalized spacial score (nSPS) is 15.5. The van der Waals surface area contributed by atoms with Gasteiger partial charge in [-0.2, -0.15) is 5.10 Å². The van der Waals surface area contributed by atoms with Gasteiger partial charge in [0.25, 0.3) is 0 Å². The van der Waals surface area contributed by atoms with Crippen LogP contribution in [0.15, 0.2) is 60.9 Å². The van der Waals surface area contributed by atoms with Crippen LogP contribution in [-0.2, 0) is 17.8 Å². The van der Waals surface area contributed by atoms with E-state index >= 15 is 0 Å². The maximum absolute atomic E-state index is 12.6. The molecule has 1 aliphatic heterocycles. The van der Waals surface area contributed by atoms with Crippen molar-refractivity contribution in [1.29, 1.82) is 0 Å². The Bertz CT molecular complexity index is 920. The summed E-state index contributed by atoms with van der Waals surface area (Å²) in [6, 6.07) is 15.6. The number of amides is 1. The van der Waals surface area contributed by atoms with Crippen molar-refractivity contribution in [1.82, 2.24) is 15.1 Å². The van der Waals surface area contributed by atoms with Crippen molar-refractivity contribution in [2.75, 3.05) is 13.7 Å². The zero-order valence-corrected chi connectivity index (χ0v) is 15.1. The van der Waals surface area contributed by atoms with Crippen LogP contribution in [0.25, 0.3) is 5.69 Å². The smallest absolute Gasteiger partial charge is 0.227 e. The standard InChI is InChI=1S/C21H21N3O3/c1-26-19-5-2-4-16-12-17(14-27-20(16)19)21(25)22-13-15-6-8-18(9-7-15)24-11-3-10-23-24/h2-11,17H,12-14H2,1H3,(H,22,25)/t17-/m1/s1. The van der Waals surface area contributed by atoms with Gasteiger partial charge >= 0.3 is 0 Å². The molecule has 0 saturated heterocycles. The third kappa shape index (κ3) is 3.65. The number of benzene rings is 2. The first-order chi connectivity index (χ1) is 13.2. The van der Waals surface area contributed by atoms with Gasteiger partial charge in [0.2, 0.25) is 5.91 Å². The summed E-state index contributed by atoms with van der Waals surface area (Å²) in [5, 5.41) is 7.22. The van der Waals surface area contributed by atoms with Gasteiger partial charge in [-0.25, -0.2) is 4.68 Å². The number of para-hydroxylation sites is 1. The van der Waals surface area contributed by atoms with E-state index in [2.05, 4.69) is 10.4 Å². The number of carbonyl (C=O) groups is 1. The molecule has 1 N–H and O–H groups in total. The molecule has 0 spiro atoms. The molecule has 6 heteroatoms. The van der Waals surface area contributed by atoms with E-state index in [1.165, 1.54) is 0 Å². The molecule has 3 aromatic rings. The average molecular weight is 363 g/mol. The number of hydrogen-bond donors (Lipinski definition) is 1. The summed E-state index contributed by atoms with van der Waals surface area (Å²) in [5.74, 6) is 1.26. The van der Waals surface area contributed by atoms with Crippen LogP contribution in [0.5, 0.6) is 11.5 Å². The third-order valence-corrected chi connectivity index (χ3v) is 4.72. The Morgan fingerprint density at radius 1 is 1.26 bits per heavy atom. The average Bonchev–Trinajstić information content (AvgIpc) is 3.26. The van der Waals surface area contributed by atoms with Gasteiger partial charge in [0.05, 0.1) is 18.7 Å². The van der Waals surface area contributed by atoms with Crippen LogP contribution < -0.4 is 14.8 Å². The molecule has 0 aliphatic carbocycles. The summed E-state index contributed by atoms with van der Waals surface area (Å²) in [6.07, 6.45) is 4.29. The molecule has 0 bridgehead atoms. The second kappa shape index (κ2) is 7.53. The second-order valence-corrected chi connectivity index (χ2v) is 6.50. The molecule has 1 atom stereocenters. The van der Waals surface area contributed by atoms with Crippen LogP contribution in [0, 0.1) is 5.92 Å². The molecule has 0 saturated carbocycles. The Hall–Kier alpha value is -3.28. The van der Waals surface area contributed by atoms with E-state index in [4.69, 9.17) is 9.47 Å². The molecule has 4 rings (SSSR count). The predicted molar refractivity (Wildman–Crippen MR) is 101 cm³/mol. The molecule has 0 unspecified atom stereocenters. The largest absolute Gasteiger partial charge is 0.493 e. The highest BCUT2D eigenvalue weighted by atomic mass is 16.5. The topological polar surface area (TPSA) is 65.4 Å². The lowest BCUT2D eigenvalue weighted by molar-refractivity contribution is -0.126.